The lowest BCUT2D eigenvalue weighted by Crippen LogP contribution is -2.56. The molecule has 0 unspecified atom stereocenters. The molecule has 0 saturated heterocycles. The number of alkyl halides is 3. The van der Waals surface area contributed by atoms with Crippen molar-refractivity contribution >= 4 is 5.82 Å². The van der Waals surface area contributed by atoms with E-state index in [1.807, 2.05) is 0 Å². The number of anilines is 1. The van der Waals surface area contributed by atoms with Gasteiger partial charge in [0.25, 0.3) is 0 Å². The van der Waals surface area contributed by atoms with Gasteiger partial charge >= 0.3 is 11.9 Å². The van der Waals surface area contributed by atoms with Gasteiger partial charge in [0.2, 0.25) is 0 Å². The Morgan fingerprint density at radius 1 is 1.48 bits per heavy atom. The fourth-order valence-corrected chi connectivity index (χ4v) is 2.59. The highest BCUT2D eigenvalue weighted by Gasteiger charge is 2.70. The largest absolute Gasteiger partial charge is 0.419 e. The summed E-state index contributed by atoms with van der Waals surface area (Å²) in [6.45, 7) is 0.912. The molecule has 0 aromatic carbocycles. The minimum Gasteiger partial charge on any atom is -0.387 e. The van der Waals surface area contributed by atoms with E-state index in [1.165, 1.54) is 0 Å². The van der Waals surface area contributed by atoms with E-state index in [-0.39, 0.29) is 5.82 Å². The van der Waals surface area contributed by atoms with E-state index in [2.05, 4.69) is 4.98 Å². The maximum absolute atomic E-state index is 12.9. The van der Waals surface area contributed by atoms with Crippen LogP contribution in [-0.4, -0.2) is 48.4 Å². The molecule has 0 bridgehead atoms. The Morgan fingerprint density at radius 3 is 2.48 bits per heavy atom. The first-order chi connectivity index (χ1) is 9.41. The zero-order chi connectivity index (χ0) is 16.2. The number of hydrogen-bond donors (Lipinski definition) is 4. The summed E-state index contributed by atoms with van der Waals surface area (Å²) in [5, 5.41) is 29.6. The lowest BCUT2D eigenvalue weighted by molar-refractivity contribution is -0.292. The van der Waals surface area contributed by atoms with Crippen molar-refractivity contribution in [3.8, 4) is 0 Å². The molecule has 0 spiro atoms. The molecule has 7 nitrogen and oxygen atoms in total. The fraction of sp³-hybridized carbons (Fsp3) is 0.636. The number of aliphatic hydroxyl groups is 3. The van der Waals surface area contributed by atoms with E-state index in [4.69, 9.17) is 5.73 Å². The Bertz CT molecular complexity index is 615. The second-order valence-electron chi connectivity index (χ2n) is 5.31. The highest BCUT2D eigenvalue weighted by atomic mass is 19.4. The highest BCUT2D eigenvalue weighted by Crippen LogP contribution is 2.51. The molecule has 1 aromatic heterocycles. The monoisotopic (exact) mass is 309 g/mol. The number of nitrogen functional groups attached to an aromatic ring is 1. The lowest BCUT2D eigenvalue weighted by Gasteiger charge is -2.33. The zero-order valence-electron chi connectivity index (χ0n) is 10.9. The van der Waals surface area contributed by atoms with Crippen LogP contribution in [0.3, 0.4) is 0 Å². The van der Waals surface area contributed by atoms with Gasteiger partial charge < -0.3 is 21.1 Å². The Morgan fingerprint density at radius 2 is 2.05 bits per heavy atom. The first-order valence-electron chi connectivity index (χ1n) is 5.95. The third-order valence-electron chi connectivity index (χ3n) is 3.86. The van der Waals surface area contributed by atoms with Gasteiger partial charge in [0.15, 0.2) is 5.60 Å². The van der Waals surface area contributed by atoms with Crippen LogP contribution in [0.15, 0.2) is 17.1 Å². The minimum absolute atomic E-state index is 0.138. The number of nitrogens with two attached hydrogens (primary N) is 1. The van der Waals surface area contributed by atoms with Crippen LogP contribution in [-0.2, 0) is 0 Å². The number of aromatic nitrogens is 2. The van der Waals surface area contributed by atoms with Gasteiger partial charge in [0.05, 0.1) is 6.04 Å². The number of hydrogen-bond acceptors (Lipinski definition) is 6. The molecule has 5 N–H and O–H groups in total. The zero-order valence-corrected chi connectivity index (χ0v) is 10.9. The number of halogens is 3. The molecule has 1 aromatic rings. The van der Waals surface area contributed by atoms with Crippen LogP contribution < -0.4 is 11.4 Å². The van der Waals surface area contributed by atoms with Crippen LogP contribution in [0.1, 0.15) is 19.4 Å². The van der Waals surface area contributed by atoms with E-state index in [0.717, 1.165) is 19.2 Å². The van der Waals surface area contributed by atoms with Crippen molar-refractivity contribution in [3.05, 3.63) is 22.7 Å². The Kier molecular flexibility index (Phi) is 3.31. The second-order valence-corrected chi connectivity index (χ2v) is 5.31. The predicted molar refractivity (Wildman–Crippen MR) is 64.2 cm³/mol. The third kappa shape index (κ3) is 2.19. The molecular weight excluding hydrogens is 295 g/mol. The average molecular weight is 309 g/mol. The van der Waals surface area contributed by atoms with E-state index >= 15 is 0 Å². The van der Waals surface area contributed by atoms with Crippen LogP contribution in [0.2, 0.25) is 0 Å². The summed E-state index contributed by atoms with van der Waals surface area (Å²) in [5.74, 6) is -0.138. The van der Waals surface area contributed by atoms with Gasteiger partial charge in [-0.25, -0.2) is 4.79 Å². The van der Waals surface area contributed by atoms with Crippen molar-refractivity contribution in [3.63, 3.8) is 0 Å². The quantitative estimate of drug-likeness (QED) is 0.537. The van der Waals surface area contributed by atoms with Gasteiger partial charge in [-0.05, 0) is 13.0 Å². The smallest absolute Gasteiger partial charge is 0.387 e. The minimum atomic E-state index is -5.17. The average Bonchev–Trinajstić information content (AvgIpc) is 2.51. The fourth-order valence-electron chi connectivity index (χ4n) is 2.59. The van der Waals surface area contributed by atoms with Crippen LogP contribution >= 0.6 is 0 Å². The van der Waals surface area contributed by atoms with Crippen molar-refractivity contribution in [2.45, 2.75) is 42.9 Å². The van der Waals surface area contributed by atoms with Crippen LogP contribution in [0.4, 0.5) is 19.0 Å². The molecular formula is C11H14F3N3O4. The summed E-state index contributed by atoms with van der Waals surface area (Å²) in [6.07, 6.45) is -7.72. The van der Waals surface area contributed by atoms with Crippen molar-refractivity contribution < 1.29 is 28.5 Å². The SMILES string of the molecule is C[C@]1(O)[C@H](n2ccc(N)nc2=O)C[C@@](O)(C(F)(F)F)[C@H]1O. The second kappa shape index (κ2) is 4.42. The molecule has 1 aliphatic rings. The summed E-state index contributed by atoms with van der Waals surface area (Å²) in [6, 6.07) is -0.353. The lowest BCUT2D eigenvalue weighted by atomic mass is 9.93. The Hall–Kier alpha value is -1.65. The van der Waals surface area contributed by atoms with Crippen LogP contribution in [0.25, 0.3) is 0 Å². The predicted octanol–water partition coefficient (Wildman–Crippen LogP) is -0.824. The summed E-state index contributed by atoms with van der Waals surface area (Å²) >= 11 is 0. The molecule has 0 radical (unpaired) electrons. The molecule has 0 aliphatic heterocycles. The Labute approximate surface area is 116 Å². The molecule has 1 aliphatic carbocycles. The summed E-state index contributed by atoms with van der Waals surface area (Å²) < 4.78 is 39.6. The first kappa shape index (κ1) is 15.7. The molecule has 1 saturated carbocycles. The molecule has 0 amide bonds. The van der Waals surface area contributed by atoms with Crippen molar-refractivity contribution in [1.82, 2.24) is 9.55 Å². The maximum atomic E-state index is 12.9. The van der Waals surface area contributed by atoms with Gasteiger partial charge in [-0.3, -0.25) is 4.57 Å². The number of nitrogens with zero attached hydrogens (tertiary/aromatic N) is 2. The standard InChI is InChI=1S/C11H14F3N3O4/c1-9(20)5(17-3-2-6(15)16-8(17)19)4-10(21,7(9)18)11(12,13)14/h2-3,5,7,18,20-21H,4H2,1H3,(H2,15,16,19)/t5-,7+,9+,10+/m1/s1. The van der Waals surface area contributed by atoms with Gasteiger partial charge in [-0.1, -0.05) is 0 Å². The molecule has 10 heteroatoms. The van der Waals surface area contributed by atoms with Gasteiger partial charge in [0.1, 0.15) is 17.5 Å². The molecule has 1 heterocycles. The number of rotatable bonds is 1. The van der Waals surface area contributed by atoms with Crippen molar-refractivity contribution in [2.75, 3.05) is 5.73 Å². The van der Waals surface area contributed by atoms with E-state index < -0.39 is 41.6 Å². The summed E-state index contributed by atoms with van der Waals surface area (Å²) in [7, 11) is 0. The van der Waals surface area contributed by atoms with E-state index in [0.29, 0.717) is 4.57 Å². The third-order valence-corrected chi connectivity index (χ3v) is 3.86. The van der Waals surface area contributed by atoms with Gasteiger partial charge in [0, 0.05) is 12.6 Å². The summed E-state index contributed by atoms with van der Waals surface area (Å²) in [5.41, 5.74) is -1.62. The Balaban J connectivity index is 2.54. The molecule has 21 heavy (non-hydrogen) atoms. The molecule has 118 valence electrons. The topological polar surface area (TPSA) is 122 Å². The molecule has 4 atom stereocenters. The van der Waals surface area contributed by atoms with Gasteiger partial charge in [-0.2, -0.15) is 18.2 Å². The maximum Gasteiger partial charge on any atom is 0.419 e. The van der Waals surface area contributed by atoms with Crippen LogP contribution in [0, 0.1) is 0 Å². The molecule has 2 rings (SSSR count). The highest BCUT2D eigenvalue weighted by molar-refractivity contribution is 5.24. The van der Waals surface area contributed by atoms with Crippen molar-refractivity contribution in [2.24, 2.45) is 0 Å². The van der Waals surface area contributed by atoms with E-state index in [1.54, 1.807) is 0 Å². The van der Waals surface area contributed by atoms with E-state index in [9.17, 15) is 33.3 Å². The normalized spacial score (nSPS) is 36.9. The summed E-state index contributed by atoms with van der Waals surface area (Å²) in [4.78, 5) is 15.0. The van der Waals surface area contributed by atoms with Crippen LogP contribution in [0.5, 0.6) is 0 Å². The van der Waals surface area contributed by atoms with Gasteiger partial charge in [-0.15, -0.1) is 0 Å². The number of aliphatic hydroxyl groups excluding tert-OH is 1. The molecule has 1 fully saturated rings. The van der Waals surface area contributed by atoms with Crippen molar-refractivity contribution in [1.29, 1.82) is 0 Å². The first-order valence-corrected chi connectivity index (χ1v) is 5.95.